The van der Waals surface area contributed by atoms with Crippen molar-refractivity contribution in [1.29, 1.82) is 0 Å². The molecule has 0 saturated heterocycles. The van der Waals surface area contributed by atoms with E-state index in [-0.39, 0.29) is 0 Å². The number of ether oxygens (including phenoxy) is 1. The van der Waals surface area contributed by atoms with Gasteiger partial charge in [-0.15, -0.1) is 10.2 Å². The average Bonchev–Trinajstić information content (AvgIpc) is 3.24. The van der Waals surface area contributed by atoms with Crippen LogP contribution < -0.4 is 10.5 Å². The van der Waals surface area contributed by atoms with Crippen LogP contribution in [0.4, 0.5) is 0 Å². The maximum Gasteiger partial charge on any atom is 0.171 e. The summed E-state index contributed by atoms with van der Waals surface area (Å²) in [5.74, 6) is 3.51. The van der Waals surface area contributed by atoms with Gasteiger partial charge < -0.3 is 15.0 Å². The lowest BCUT2D eigenvalue weighted by molar-refractivity contribution is 0.281. The van der Waals surface area contributed by atoms with Crippen molar-refractivity contribution in [3.8, 4) is 5.75 Å². The Morgan fingerprint density at radius 2 is 1.87 bits per heavy atom. The second kappa shape index (κ2) is 5.64. The van der Waals surface area contributed by atoms with Crippen molar-refractivity contribution in [2.45, 2.75) is 64.1 Å². The molecule has 1 heterocycles. The standard InChI is InChI=1S/C18H24N4O/c1-11-4-3-5-12(2)17(11)23-10-16-20-21-18(13-8-14(19)9-13)22(16)15-6-7-15/h3-5,13-15H,6-10,19H2,1-2H3. The molecule has 2 N–H and O–H groups in total. The summed E-state index contributed by atoms with van der Waals surface area (Å²) in [6.45, 7) is 4.64. The van der Waals surface area contributed by atoms with Gasteiger partial charge in [-0.1, -0.05) is 18.2 Å². The topological polar surface area (TPSA) is 66.0 Å². The van der Waals surface area contributed by atoms with Gasteiger partial charge in [-0.2, -0.15) is 0 Å². The molecule has 2 aromatic rings. The highest BCUT2D eigenvalue weighted by molar-refractivity contribution is 5.39. The number of rotatable bonds is 5. The molecule has 0 unspecified atom stereocenters. The zero-order valence-corrected chi connectivity index (χ0v) is 13.8. The number of aryl methyl sites for hydroxylation is 2. The van der Waals surface area contributed by atoms with Gasteiger partial charge in [-0.25, -0.2) is 0 Å². The molecule has 122 valence electrons. The third kappa shape index (κ3) is 2.74. The van der Waals surface area contributed by atoms with Gasteiger partial charge in [-0.3, -0.25) is 0 Å². The molecule has 0 radical (unpaired) electrons. The SMILES string of the molecule is Cc1cccc(C)c1OCc1nnc(C2CC(N)C2)n1C1CC1. The minimum absolute atomic E-state index is 0.332. The van der Waals surface area contributed by atoms with E-state index in [1.807, 2.05) is 0 Å². The van der Waals surface area contributed by atoms with Crippen LogP contribution in [0.25, 0.3) is 0 Å². The molecule has 0 aliphatic heterocycles. The lowest BCUT2D eigenvalue weighted by Crippen LogP contribution is -2.36. The van der Waals surface area contributed by atoms with Gasteiger partial charge in [0.05, 0.1) is 0 Å². The third-order valence-corrected chi connectivity index (χ3v) is 5.00. The summed E-state index contributed by atoms with van der Waals surface area (Å²) in [5.41, 5.74) is 8.26. The van der Waals surface area contributed by atoms with Gasteiger partial charge >= 0.3 is 0 Å². The normalized spacial score (nSPS) is 23.6. The van der Waals surface area contributed by atoms with Crippen molar-refractivity contribution >= 4 is 0 Å². The van der Waals surface area contributed by atoms with Crippen LogP contribution in [0, 0.1) is 13.8 Å². The van der Waals surface area contributed by atoms with E-state index in [0.717, 1.165) is 41.4 Å². The van der Waals surface area contributed by atoms with E-state index >= 15 is 0 Å². The monoisotopic (exact) mass is 312 g/mol. The van der Waals surface area contributed by atoms with Gasteiger partial charge in [0, 0.05) is 18.0 Å². The molecule has 0 bridgehead atoms. The fourth-order valence-corrected chi connectivity index (χ4v) is 3.48. The number of para-hydroxylation sites is 1. The minimum atomic E-state index is 0.332. The molecule has 0 amide bonds. The molecular weight excluding hydrogens is 288 g/mol. The first kappa shape index (κ1) is 14.7. The Kier molecular flexibility index (Phi) is 3.60. The van der Waals surface area contributed by atoms with Crippen LogP contribution in [-0.2, 0) is 6.61 Å². The van der Waals surface area contributed by atoms with E-state index < -0.39 is 0 Å². The van der Waals surface area contributed by atoms with E-state index in [9.17, 15) is 0 Å². The smallest absolute Gasteiger partial charge is 0.171 e. The number of benzene rings is 1. The Balaban J connectivity index is 1.55. The Labute approximate surface area is 136 Å². The Hall–Kier alpha value is -1.88. The van der Waals surface area contributed by atoms with Gasteiger partial charge in [0.25, 0.3) is 0 Å². The summed E-state index contributed by atoms with van der Waals surface area (Å²) >= 11 is 0. The third-order valence-electron chi connectivity index (χ3n) is 5.00. The predicted molar refractivity (Wildman–Crippen MR) is 88.5 cm³/mol. The van der Waals surface area contributed by atoms with E-state index in [1.165, 1.54) is 12.8 Å². The lowest BCUT2D eigenvalue weighted by Gasteiger charge is -2.31. The van der Waals surface area contributed by atoms with Crippen LogP contribution in [-0.4, -0.2) is 20.8 Å². The van der Waals surface area contributed by atoms with Crippen molar-refractivity contribution in [2.24, 2.45) is 5.73 Å². The molecule has 2 saturated carbocycles. The number of nitrogens with zero attached hydrogens (tertiary/aromatic N) is 3. The largest absolute Gasteiger partial charge is 0.485 e. The zero-order valence-electron chi connectivity index (χ0n) is 13.8. The Morgan fingerprint density at radius 3 is 2.48 bits per heavy atom. The molecule has 2 aliphatic carbocycles. The van der Waals surface area contributed by atoms with Crippen molar-refractivity contribution < 1.29 is 4.74 Å². The van der Waals surface area contributed by atoms with E-state index in [1.54, 1.807) is 0 Å². The van der Waals surface area contributed by atoms with Crippen LogP contribution in [0.5, 0.6) is 5.75 Å². The highest BCUT2D eigenvalue weighted by Gasteiger charge is 2.36. The molecule has 0 atom stereocenters. The average molecular weight is 312 g/mol. The van der Waals surface area contributed by atoms with Crippen LogP contribution in [0.2, 0.25) is 0 Å². The summed E-state index contributed by atoms with van der Waals surface area (Å²) in [6.07, 6.45) is 4.51. The number of hydrogen-bond donors (Lipinski definition) is 1. The highest BCUT2D eigenvalue weighted by Crippen LogP contribution is 2.42. The number of hydrogen-bond acceptors (Lipinski definition) is 4. The maximum atomic E-state index is 6.09. The fraction of sp³-hybridized carbons (Fsp3) is 0.556. The molecule has 1 aromatic carbocycles. The van der Waals surface area contributed by atoms with Gasteiger partial charge in [0.1, 0.15) is 18.2 Å². The Morgan fingerprint density at radius 1 is 1.17 bits per heavy atom. The van der Waals surface area contributed by atoms with Crippen molar-refractivity contribution in [1.82, 2.24) is 14.8 Å². The lowest BCUT2D eigenvalue weighted by atomic mass is 9.80. The highest BCUT2D eigenvalue weighted by atomic mass is 16.5. The summed E-state index contributed by atoms with van der Waals surface area (Å²) in [6, 6.07) is 7.11. The first-order valence-corrected chi connectivity index (χ1v) is 8.51. The summed E-state index contributed by atoms with van der Waals surface area (Å²) in [7, 11) is 0. The quantitative estimate of drug-likeness (QED) is 0.921. The fourth-order valence-electron chi connectivity index (χ4n) is 3.48. The predicted octanol–water partition coefficient (Wildman–Crippen LogP) is 3.01. The summed E-state index contributed by atoms with van der Waals surface area (Å²) in [5, 5.41) is 8.90. The molecule has 4 rings (SSSR count). The van der Waals surface area contributed by atoms with E-state index in [4.69, 9.17) is 10.5 Å². The molecule has 5 heteroatoms. The van der Waals surface area contributed by atoms with Gasteiger partial charge in [0.15, 0.2) is 5.82 Å². The molecule has 1 aromatic heterocycles. The van der Waals surface area contributed by atoms with Crippen LogP contribution in [0.15, 0.2) is 18.2 Å². The summed E-state index contributed by atoms with van der Waals surface area (Å²) < 4.78 is 8.41. The molecule has 2 aliphatic rings. The van der Waals surface area contributed by atoms with Gasteiger partial charge in [-0.05, 0) is 50.7 Å². The second-order valence-electron chi connectivity index (χ2n) is 7.01. The number of aromatic nitrogens is 3. The molecular formula is C18H24N4O. The van der Waals surface area contributed by atoms with E-state index in [0.29, 0.717) is 24.6 Å². The zero-order chi connectivity index (χ0) is 16.0. The van der Waals surface area contributed by atoms with Crippen LogP contribution in [0.1, 0.15) is 60.4 Å². The molecule has 23 heavy (non-hydrogen) atoms. The van der Waals surface area contributed by atoms with Crippen molar-refractivity contribution in [2.75, 3.05) is 0 Å². The number of nitrogens with two attached hydrogens (primary N) is 1. The van der Waals surface area contributed by atoms with Crippen molar-refractivity contribution in [3.05, 3.63) is 41.0 Å². The van der Waals surface area contributed by atoms with E-state index in [2.05, 4.69) is 46.8 Å². The van der Waals surface area contributed by atoms with Crippen molar-refractivity contribution in [3.63, 3.8) is 0 Å². The maximum absolute atomic E-state index is 6.09. The minimum Gasteiger partial charge on any atom is -0.485 e. The van der Waals surface area contributed by atoms with Gasteiger partial charge in [0.2, 0.25) is 0 Å². The first-order chi connectivity index (χ1) is 11.1. The summed E-state index contributed by atoms with van der Waals surface area (Å²) in [4.78, 5) is 0. The first-order valence-electron chi connectivity index (χ1n) is 8.51. The molecule has 0 spiro atoms. The molecule has 2 fully saturated rings. The van der Waals surface area contributed by atoms with Crippen LogP contribution in [0.3, 0.4) is 0 Å². The Bertz CT molecular complexity index is 694. The van der Waals surface area contributed by atoms with Crippen LogP contribution >= 0.6 is 0 Å². The molecule has 5 nitrogen and oxygen atoms in total. The second-order valence-corrected chi connectivity index (χ2v) is 7.01.